The normalized spacial score (nSPS) is 11.3. The molecule has 188 valence electrons. The van der Waals surface area contributed by atoms with Crippen molar-refractivity contribution in [3.63, 3.8) is 0 Å². The van der Waals surface area contributed by atoms with Crippen LogP contribution in [0.1, 0.15) is 22.6 Å². The zero-order chi connectivity index (χ0) is 25.9. The van der Waals surface area contributed by atoms with Gasteiger partial charge < -0.3 is 16.0 Å². The lowest BCUT2D eigenvalue weighted by atomic mass is 9.98. The second-order valence-corrected chi connectivity index (χ2v) is 9.22. The van der Waals surface area contributed by atoms with Gasteiger partial charge in [-0.3, -0.25) is 4.98 Å². The molecule has 0 radical (unpaired) electrons. The van der Waals surface area contributed by atoms with Crippen LogP contribution in [0.15, 0.2) is 91.4 Å². The van der Waals surface area contributed by atoms with Crippen molar-refractivity contribution >= 4 is 5.65 Å². The van der Waals surface area contributed by atoms with Gasteiger partial charge in [0, 0.05) is 30.5 Å². The van der Waals surface area contributed by atoms with Crippen LogP contribution in [0, 0.1) is 6.92 Å². The van der Waals surface area contributed by atoms with Crippen LogP contribution >= 0.6 is 0 Å². The molecule has 0 aliphatic heterocycles. The summed E-state index contributed by atoms with van der Waals surface area (Å²) in [6.07, 6.45) is 3.51. The van der Waals surface area contributed by atoms with E-state index in [0.29, 0.717) is 19.6 Å². The molecule has 0 unspecified atom stereocenters. The number of nitrogens with one attached hydrogen (secondary N) is 2. The molecule has 4 aromatic heterocycles. The highest BCUT2D eigenvalue weighted by atomic mass is 15.3. The van der Waals surface area contributed by atoms with E-state index in [1.807, 2.05) is 43.5 Å². The maximum Gasteiger partial charge on any atom is 0.155 e. The van der Waals surface area contributed by atoms with Gasteiger partial charge in [-0.05, 0) is 59.5 Å². The van der Waals surface area contributed by atoms with E-state index in [-0.39, 0.29) is 0 Å². The zero-order valence-electron chi connectivity index (χ0n) is 21.1. The molecule has 2 aromatic carbocycles. The van der Waals surface area contributed by atoms with Gasteiger partial charge in [0.15, 0.2) is 5.65 Å². The molecule has 8 nitrogen and oxygen atoms in total. The highest BCUT2D eigenvalue weighted by Crippen LogP contribution is 2.30. The molecule has 0 saturated carbocycles. The molecule has 38 heavy (non-hydrogen) atoms. The third-order valence-corrected chi connectivity index (χ3v) is 6.55. The number of aromatic amines is 1. The van der Waals surface area contributed by atoms with Gasteiger partial charge in [-0.25, -0.2) is 14.5 Å². The molecule has 4 heterocycles. The largest absolute Gasteiger partial charge is 0.340 e. The molecule has 0 atom stereocenters. The number of H-pyrrole nitrogens is 1. The first kappa shape index (κ1) is 23.7. The fourth-order valence-electron chi connectivity index (χ4n) is 4.68. The smallest absolute Gasteiger partial charge is 0.155 e. The monoisotopic (exact) mass is 500 g/mol. The minimum absolute atomic E-state index is 0.525. The van der Waals surface area contributed by atoms with Gasteiger partial charge in [0.25, 0.3) is 0 Å². The van der Waals surface area contributed by atoms with Crippen LogP contribution in [0.3, 0.4) is 0 Å². The summed E-state index contributed by atoms with van der Waals surface area (Å²) in [5.41, 5.74) is 15.8. The molecule has 0 aliphatic carbocycles. The molecule has 0 saturated heterocycles. The summed E-state index contributed by atoms with van der Waals surface area (Å²) in [4.78, 5) is 17.5. The summed E-state index contributed by atoms with van der Waals surface area (Å²) < 4.78 is 1.76. The maximum absolute atomic E-state index is 5.87. The van der Waals surface area contributed by atoms with Gasteiger partial charge in [0.2, 0.25) is 0 Å². The van der Waals surface area contributed by atoms with E-state index in [1.54, 1.807) is 10.8 Å². The van der Waals surface area contributed by atoms with E-state index in [2.05, 4.69) is 68.9 Å². The Morgan fingerprint density at radius 2 is 1.79 bits per heavy atom. The van der Waals surface area contributed by atoms with E-state index in [9.17, 15) is 0 Å². The fraction of sp³-hybridized carbons (Fsp3) is 0.133. The second-order valence-electron chi connectivity index (χ2n) is 9.22. The van der Waals surface area contributed by atoms with Gasteiger partial charge in [0.1, 0.15) is 17.8 Å². The molecule has 0 bridgehead atoms. The topological polar surface area (TPSA) is 110 Å². The van der Waals surface area contributed by atoms with E-state index < -0.39 is 0 Å². The molecule has 4 N–H and O–H groups in total. The number of hydrogen-bond acceptors (Lipinski definition) is 6. The first-order valence-electron chi connectivity index (χ1n) is 12.6. The lowest BCUT2D eigenvalue weighted by Crippen LogP contribution is -2.14. The van der Waals surface area contributed by atoms with Gasteiger partial charge in [-0.15, -0.1) is 0 Å². The molecule has 0 spiro atoms. The Kier molecular flexibility index (Phi) is 6.47. The predicted molar refractivity (Wildman–Crippen MR) is 149 cm³/mol. The molecule has 6 aromatic rings. The SMILES string of the molecule is Cc1cccc(-c2nc(CNCc3ccccc3-c3cccc(CN)c3)[nH]c2-c2ccc3ncnn3c2)n1. The van der Waals surface area contributed by atoms with Crippen molar-refractivity contribution in [1.82, 2.24) is 34.9 Å². The van der Waals surface area contributed by atoms with Crippen molar-refractivity contribution in [3.05, 3.63) is 114 Å². The number of benzene rings is 2. The van der Waals surface area contributed by atoms with Gasteiger partial charge >= 0.3 is 0 Å². The van der Waals surface area contributed by atoms with Crippen molar-refractivity contribution in [1.29, 1.82) is 0 Å². The number of fused-ring (bicyclic) bond motifs is 1. The second kappa shape index (κ2) is 10.4. The van der Waals surface area contributed by atoms with Crippen LogP contribution in [0.5, 0.6) is 0 Å². The van der Waals surface area contributed by atoms with Gasteiger partial charge in [-0.1, -0.05) is 48.5 Å². The molecule has 0 amide bonds. The van der Waals surface area contributed by atoms with Crippen molar-refractivity contribution in [2.24, 2.45) is 5.73 Å². The summed E-state index contributed by atoms with van der Waals surface area (Å²) in [6.45, 7) is 3.78. The van der Waals surface area contributed by atoms with Crippen molar-refractivity contribution in [2.75, 3.05) is 0 Å². The lowest BCUT2D eigenvalue weighted by molar-refractivity contribution is 0.670. The van der Waals surface area contributed by atoms with E-state index in [1.165, 1.54) is 16.7 Å². The first-order valence-corrected chi connectivity index (χ1v) is 12.6. The van der Waals surface area contributed by atoms with E-state index >= 15 is 0 Å². The molecule has 0 aliphatic rings. The number of hydrogen-bond donors (Lipinski definition) is 3. The quantitative estimate of drug-likeness (QED) is 0.274. The van der Waals surface area contributed by atoms with Crippen LogP contribution < -0.4 is 11.1 Å². The van der Waals surface area contributed by atoms with Gasteiger partial charge in [-0.2, -0.15) is 5.10 Å². The highest BCUT2D eigenvalue weighted by Gasteiger charge is 2.16. The first-order chi connectivity index (χ1) is 18.7. The van der Waals surface area contributed by atoms with Crippen LogP contribution in [0.2, 0.25) is 0 Å². The number of pyridine rings is 2. The molecule has 0 fully saturated rings. The minimum atomic E-state index is 0.525. The summed E-state index contributed by atoms with van der Waals surface area (Å²) in [5.74, 6) is 0.833. The average Bonchev–Trinajstić information content (AvgIpc) is 3.60. The Morgan fingerprint density at radius 1 is 0.895 bits per heavy atom. The van der Waals surface area contributed by atoms with Crippen LogP contribution in [-0.4, -0.2) is 29.5 Å². The van der Waals surface area contributed by atoms with E-state index in [4.69, 9.17) is 15.7 Å². The summed E-state index contributed by atoms with van der Waals surface area (Å²) in [7, 11) is 0. The summed E-state index contributed by atoms with van der Waals surface area (Å²) >= 11 is 0. The number of aryl methyl sites for hydroxylation is 1. The number of aromatic nitrogens is 6. The third kappa shape index (κ3) is 4.82. The molecule has 6 rings (SSSR count). The summed E-state index contributed by atoms with van der Waals surface area (Å²) in [5, 5.41) is 7.86. The van der Waals surface area contributed by atoms with Crippen LogP contribution in [0.4, 0.5) is 0 Å². The Morgan fingerprint density at radius 3 is 2.68 bits per heavy atom. The number of nitrogens with zero attached hydrogens (tertiary/aromatic N) is 5. The maximum atomic E-state index is 5.87. The molecule has 8 heteroatoms. The van der Waals surface area contributed by atoms with Crippen molar-refractivity contribution in [3.8, 4) is 33.8 Å². The zero-order valence-corrected chi connectivity index (χ0v) is 21.1. The van der Waals surface area contributed by atoms with Gasteiger partial charge in [0.05, 0.1) is 17.9 Å². The molecular formula is C30H28N8. The Hall–Kier alpha value is -4.66. The van der Waals surface area contributed by atoms with Crippen molar-refractivity contribution in [2.45, 2.75) is 26.6 Å². The number of imidazole rings is 1. The van der Waals surface area contributed by atoms with Crippen LogP contribution in [0.25, 0.3) is 39.4 Å². The van der Waals surface area contributed by atoms with Crippen LogP contribution in [-0.2, 0) is 19.6 Å². The summed E-state index contributed by atoms with van der Waals surface area (Å²) in [6, 6.07) is 26.8. The number of rotatable bonds is 8. The number of nitrogens with two attached hydrogens (primary N) is 1. The average molecular weight is 501 g/mol. The Labute approximate surface area is 220 Å². The predicted octanol–water partition coefficient (Wildman–Crippen LogP) is 4.91. The minimum Gasteiger partial charge on any atom is -0.340 e. The highest BCUT2D eigenvalue weighted by molar-refractivity contribution is 5.77. The lowest BCUT2D eigenvalue weighted by Gasteiger charge is -2.11. The standard InChI is InChI=1S/C30H28N8/c1-20-6-4-11-26(35-20)30-29(24-12-13-28-33-19-34-38(28)18-24)36-27(37-30)17-32-16-23-8-2-3-10-25(23)22-9-5-7-21(14-22)15-31/h2-14,18-19,32H,15-17,31H2,1H3,(H,36,37). The Bertz CT molecular complexity index is 1710. The fourth-order valence-corrected chi connectivity index (χ4v) is 4.68. The van der Waals surface area contributed by atoms with E-state index in [0.717, 1.165) is 45.4 Å². The third-order valence-electron chi connectivity index (χ3n) is 6.55. The molecular weight excluding hydrogens is 472 g/mol. The Balaban J connectivity index is 1.28. The van der Waals surface area contributed by atoms with Crippen molar-refractivity contribution < 1.29 is 0 Å².